The molecule has 0 N–H and O–H groups in total. The van der Waals surface area contributed by atoms with Crippen molar-refractivity contribution < 1.29 is 14.3 Å². The Balaban J connectivity index is 3.05. The van der Waals surface area contributed by atoms with Gasteiger partial charge in [0.05, 0.1) is 6.61 Å². The molecule has 0 aliphatic carbocycles. The molecule has 0 unspecified atom stereocenters. The number of nitrogens with zero attached hydrogens (tertiary/aromatic N) is 3. The van der Waals surface area contributed by atoms with E-state index in [1.807, 2.05) is 0 Å². The van der Waals surface area contributed by atoms with Crippen LogP contribution in [0.25, 0.3) is 9.69 Å². The third-order valence-electron chi connectivity index (χ3n) is 2.84. The molecule has 1 aromatic rings. The highest BCUT2D eigenvalue weighted by atomic mass is 16.5. The number of carbonyl (C=O) groups excluding carboxylic acids is 2. The summed E-state index contributed by atoms with van der Waals surface area (Å²) in [5.41, 5.74) is 0.272. The van der Waals surface area contributed by atoms with Crippen LogP contribution in [0.3, 0.4) is 0 Å². The number of esters is 1. The second-order valence-electron chi connectivity index (χ2n) is 4.53. The Kier molecular flexibility index (Phi) is 8.06. The van der Waals surface area contributed by atoms with Crippen molar-refractivity contribution in [3.8, 4) is 0 Å². The van der Waals surface area contributed by atoms with Crippen LogP contribution >= 0.6 is 0 Å². The van der Waals surface area contributed by atoms with Crippen LogP contribution in [0.4, 0.5) is 0 Å². The lowest BCUT2D eigenvalue weighted by Crippen LogP contribution is -2.17. The molecule has 0 aliphatic rings. The SMILES string of the molecule is [C-]#[N+]CN(C=CC=C(C(=O)OCC)C(=O)c1ccccc1)C[N+]#[C-]. The fourth-order valence-corrected chi connectivity index (χ4v) is 1.77. The van der Waals surface area contributed by atoms with Crippen LogP contribution in [0, 0.1) is 13.1 Å². The van der Waals surface area contributed by atoms with Crippen LogP contribution in [-0.4, -0.2) is 36.6 Å². The summed E-state index contributed by atoms with van der Waals surface area (Å²) >= 11 is 0. The Morgan fingerprint density at radius 1 is 1.17 bits per heavy atom. The first-order chi connectivity index (χ1) is 11.6. The van der Waals surface area contributed by atoms with Gasteiger partial charge in [0.1, 0.15) is 5.57 Å². The van der Waals surface area contributed by atoms with Gasteiger partial charge >= 0.3 is 5.97 Å². The number of hydrogen-bond acceptors (Lipinski definition) is 4. The van der Waals surface area contributed by atoms with Crippen LogP contribution in [0.2, 0.25) is 0 Å². The fraction of sp³-hybridized carbons (Fsp3) is 0.222. The van der Waals surface area contributed by atoms with Crippen LogP contribution < -0.4 is 0 Å². The van der Waals surface area contributed by atoms with Crippen LogP contribution in [0.15, 0.2) is 54.3 Å². The molecule has 0 saturated carbocycles. The highest BCUT2D eigenvalue weighted by Gasteiger charge is 2.20. The Hall–Kier alpha value is -3.38. The molecule has 1 aromatic carbocycles. The van der Waals surface area contributed by atoms with Gasteiger partial charge < -0.3 is 4.74 Å². The number of benzene rings is 1. The van der Waals surface area contributed by atoms with E-state index in [2.05, 4.69) is 9.69 Å². The van der Waals surface area contributed by atoms with Gasteiger partial charge in [-0.3, -0.25) is 14.5 Å². The molecule has 0 bridgehead atoms. The number of allylic oxidation sites excluding steroid dienone is 2. The van der Waals surface area contributed by atoms with Gasteiger partial charge in [0.25, 0.3) is 13.3 Å². The first-order valence-corrected chi connectivity index (χ1v) is 7.19. The number of ketones is 1. The number of Topliss-reactive ketones (excluding diaryl/α,β-unsaturated/α-hetero) is 1. The maximum absolute atomic E-state index is 12.5. The zero-order valence-corrected chi connectivity index (χ0v) is 13.3. The lowest BCUT2D eigenvalue weighted by Gasteiger charge is -2.06. The number of hydrogen-bond donors (Lipinski definition) is 0. The van der Waals surface area contributed by atoms with E-state index in [-0.39, 0.29) is 25.5 Å². The summed E-state index contributed by atoms with van der Waals surface area (Å²) in [6.45, 7) is 15.5. The predicted molar refractivity (Wildman–Crippen MR) is 89.4 cm³/mol. The molecule has 0 amide bonds. The average molecular weight is 323 g/mol. The Bertz CT molecular complexity index is 693. The Morgan fingerprint density at radius 3 is 2.33 bits per heavy atom. The lowest BCUT2D eigenvalue weighted by atomic mass is 10.0. The minimum Gasteiger partial charge on any atom is -0.462 e. The van der Waals surface area contributed by atoms with Crippen LogP contribution in [-0.2, 0) is 9.53 Å². The topological polar surface area (TPSA) is 55.3 Å². The predicted octanol–water partition coefficient (Wildman–Crippen LogP) is 2.93. The lowest BCUT2D eigenvalue weighted by molar-refractivity contribution is -0.138. The van der Waals surface area contributed by atoms with Gasteiger partial charge in [0.15, 0.2) is 5.78 Å². The third-order valence-corrected chi connectivity index (χ3v) is 2.84. The Labute approximate surface area is 141 Å². The third kappa shape index (κ3) is 5.78. The van der Waals surface area contributed by atoms with Gasteiger partial charge in [0, 0.05) is 11.8 Å². The van der Waals surface area contributed by atoms with Gasteiger partial charge in [-0.2, -0.15) is 0 Å². The van der Waals surface area contributed by atoms with Crippen molar-refractivity contribution in [1.82, 2.24) is 4.90 Å². The largest absolute Gasteiger partial charge is 0.462 e. The van der Waals surface area contributed by atoms with E-state index in [0.29, 0.717) is 5.56 Å². The van der Waals surface area contributed by atoms with Crippen molar-refractivity contribution in [3.63, 3.8) is 0 Å². The highest BCUT2D eigenvalue weighted by molar-refractivity contribution is 6.24. The molecule has 24 heavy (non-hydrogen) atoms. The molecule has 0 radical (unpaired) electrons. The van der Waals surface area contributed by atoms with E-state index in [4.69, 9.17) is 17.9 Å². The molecule has 0 aliphatic heterocycles. The molecule has 0 heterocycles. The van der Waals surface area contributed by atoms with Crippen LogP contribution in [0.1, 0.15) is 17.3 Å². The first-order valence-electron chi connectivity index (χ1n) is 7.19. The van der Waals surface area contributed by atoms with E-state index in [0.717, 1.165) is 0 Å². The van der Waals surface area contributed by atoms with Gasteiger partial charge in [-0.05, 0) is 19.1 Å². The number of carbonyl (C=O) groups is 2. The van der Waals surface area contributed by atoms with Crippen molar-refractivity contribution in [1.29, 1.82) is 0 Å². The summed E-state index contributed by atoms with van der Waals surface area (Å²) in [4.78, 5) is 32.4. The molecule has 6 nitrogen and oxygen atoms in total. The quantitative estimate of drug-likeness (QED) is 0.140. The van der Waals surface area contributed by atoms with Crippen molar-refractivity contribution >= 4 is 11.8 Å². The maximum Gasteiger partial charge on any atom is 0.342 e. The van der Waals surface area contributed by atoms with Crippen molar-refractivity contribution in [2.24, 2.45) is 0 Å². The first kappa shape index (κ1) is 18.7. The maximum atomic E-state index is 12.5. The summed E-state index contributed by atoms with van der Waals surface area (Å²) in [5.74, 6) is -1.15. The summed E-state index contributed by atoms with van der Waals surface area (Å²) < 4.78 is 4.93. The fourth-order valence-electron chi connectivity index (χ4n) is 1.77. The molecule has 6 heteroatoms. The molecule has 0 saturated heterocycles. The van der Waals surface area contributed by atoms with E-state index in [1.54, 1.807) is 37.3 Å². The number of rotatable bonds is 8. The second-order valence-corrected chi connectivity index (χ2v) is 4.53. The molecular weight excluding hydrogens is 306 g/mol. The van der Waals surface area contributed by atoms with E-state index < -0.39 is 11.8 Å². The van der Waals surface area contributed by atoms with Crippen LogP contribution in [0.5, 0.6) is 0 Å². The molecule has 0 fully saturated rings. The van der Waals surface area contributed by atoms with Gasteiger partial charge in [0.2, 0.25) is 0 Å². The monoisotopic (exact) mass is 323 g/mol. The normalized spacial score (nSPS) is 10.7. The standard InChI is InChI=1S/C18H17N3O3/c1-4-24-18(23)16(17(22)15-9-6-5-7-10-15)11-8-12-21(13-19-2)14-20-3/h5-12H,4,13-14H2,1H3. The van der Waals surface area contributed by atoms with Crippen molar-refractivity contribution in [2.75, 3.05) is 19.9 Å². The second kappa shape index (κ2) is 10.4. The number of ether oxygens (including phenoxy) is 1. The zero-order chi connectivity index (χ0) is 17.8. The minimum atomic E-state index is -0.710. The molecule has 122 valence electrons. The Morgan fingerprint density at radius 2 is 1.79 bits per heavy atom. The molecular formula is C18H17N3O3. The van der Waals surface area contributed by atoms with Crippen molar-refractivity contribution in [3.05, 3.63) is 82.7 Å². The summed E-state index contributed by atoms with van der Waals surface area (Å²) in [5, 5.41) is 0. The summed E-state index contributed by atoms with van der Waals surface area (Å²) in [6, 6.07) is 8.42. The van der Waals surface area contributed by atoms with E-state index in [9.17, 15) is 9.59 Å². The van der Waals surface area contributed by atoms with Gasteiger partial charge in [-0.15, -0.1) is 0 Å². The molecule has 1 rings (SSSR count). The zero-order valence-electron chi connectivity index (χ0n) is 13.3. The van der Waals surface area contributed by atoms with Gasteiger partial charge in [-0.1, -0.05) is 30.3 Å². The summed E-state index contributed by atoms with van der Waals surface area (Å²) in [6.07, 6.45) is 4.30. The molecule has 0 spiro atoms. The highest BCUT2D eigenvalue weighted by Crippen LogP contribution is 2.11. The smallest absolute Gasteiger partial charge is 0.342 e. The molecule has 0 aromatic heterocycles. The van der Waals surface area contributed by atoms with Crippen molar-refractivity contribution in [2.45, 2.75) is 6.92 Å². The minimum absolute atomic E-state index is 0.0219. The summed E-state index contributed by atoms with van der Waals surface area (Å²) in [7, 11) is 0. The van der Waals surface area contributed by atoms with Gasteiger partial charge in [-0.25, -0.2) is 22.8 Å². The van der Waals surface area contributed by atoms with E-state index in [1.165, 1.54) is 23.3 Å². The average Bonchev–Trinajstić information content (AvgIpc) is 2.59. The van der Waals surface area contributed by atoms with E-state index >= 15 is 0 Å². The molecule has 0 atom stereocenters.